The summed E-state index contributed by atoms with van der Waals surface area (Å²) in [6.07, 6.45) is 1.72. The lowest BCUT2D eigenvalue weighted by atomic mass is 10.1. The molecule has 3 N–H and O–H groups in total. The van der Waals surface area contributed by atoms with Crippen LogP contribution in [0.15, 0.2) is 73.3 Å². The van der Waals surface area contributed by atoms with Crippen molar-refractivity contribution >= 4 is 29.3 Å². The van der Waals surface area contributed by atoms with Gasteiger partial charge in [0.1, 0.15) is 12.4 Å². The summed E-state index contributed by atoms with van der Waals surface area (Å²) in [6, 6.07) is 16.5. The number of amides is 3. The first-order chi connectivity index (χ1) is 19.2. The van der Waals surface area contributed by atoms with E-state index in [2.05, 4.69) is 17.2 Å². The zero-order chi connectivity index (χ0) is 29.1. The van der Waals surface area contributed by atoms with Crippen LogP contribution in [0.3, 0.4) is 0 Å². The Kier molecular flexibility index (Phi) is 10.5. The van der Waals surface area contributed by atoms with Crippen molar-refractivity contribution in [3.63, 3.8) is 0 Å². The summed E-state index contributed by atoms with van der Waals surface area (Å²) in [5.41, 5.74) is 2.87. The molecule has 0 aliphatic carbocycles. The van der Waals surface area contributed by atoms with Gasteiger partial charge >= 0.3 is 12.0 Å². The number of hydrogen-bond donors (Lipinski definition) is 3. The third-order valence-electron chi connectivity index (χ3n) is 5.99. The minimum atomic E-state index is -1.07. The molecule has 0 aliphatic rings. The van der Waals surface area contributed by atoms with Crippen LogP contribution in [0.2, 0.25) is 0 Å². The fourth-order valence-corrected chi connectivity index (χ4v) is 3.88. The monoisotopic (exact) mass is 547 g/mol. The number of carbonyl (C=O) groups is 3. The molecule has 0 unspecified atom stereocenters. The molecule has 0 fully saturated rings. The minimum absolute atomic E-state index is 0.0798. The Labute approximate surface area is 233 Å². The van der Waals surface area contributed by atoms with Gasteiger partial charge in [-0.1, -0.05) is 30.3 Å². The maximum Gasteiger partial charge on any atom is 0.335 e. The van der Waals surface area contributed by atoms with Crippen molar-refractivity contribution < 1.29 is 33.7 Å². The van der Waals surface area contributed by atoms with Crippen molar-refractivity contribution in [1.82, 2.24) is 4.90 Å². The van der Waals surface area contributed by atoms with Gasteiger partial charge in [0.15, 0.2) is 11.5 Å². The number of carboxylic acid groups (broad SMARTS) is 1. The highest BCUT2D eigenvalue weighted by atomic mass is 16.5. The molecule has 10 nitrogen and oxygen atoms in total. The van der Waals surface area contributed by atoms with Gasteiger partial charge in [0.05, 0.1) is 38.4 Å². The van der Waals surface area contributed by atoms with Gasteiger partial charge < -0.3 is 34.9 Å². The number of para-hydroxylation sites is 1. The summed E-state index contributed by atoms with van der Waals surface area (Å²) in [6.45, 7) is 6.38. The molecular formula is C30H33N3O7. The molecule has 3 amide bonds. The number of aromatic carboxylic acids is 1. The van der Waals surface area contributed by atoms with Crippen LogP contribution in [0, 0.1) is 6.92 Å². The molecule has 0 radical (unpaired) electrons. The number of carboxylic acids is 1. The number of rotatable bonds is 13. The standard InChI is InChI=1S/C30H33N3O7/c1-5-14-33(15-16-40-25-13-11-22(29(35)36)19-27(25)39-4)28(34)18-21-10-12-24(26(17-21)38-3)32-30(37)31-23-9-7-6-8-20(23)2/h5-13,17,19H,1,14-16,18H2,2-4H3,(H,35,36)(H2,31,32,37). The second kappa shape index (κ2) is 14.2. The van der Waals surface area contributed by atoms with Gasteiger partial charge in [-0.05, 0) is 54.4 Å². The number of benzene rings is 3. The van der Waals surface area contributed by atoms with Crippen molar-refractivity contribution in [2.75, 3.05) is 44.5 Å². The molecular weight excluding hydrogens is 514 g/mol. The zero-order valence-electron chi connectivity index (χ0n) is 22.7. The SMILES string of the molecule is C=CCN(CCOc1ccc(C(=O)O)cc1OC)C(=O)Cc1ccc(NC(=O)Nc2ccccc2C)c(OC)c1. The number of hydrogen-bond acceptors (Lipinski definition) is 6. The first-order valence-corrected chi connectivity index (χ1v) is 12.5. The van der Waals surface area contributed by atoms with E-state index in [1.807, 2.05) is 31.2 Å². The van der Waals surface area contributed by atoms with Gasteiger partial charge in [0, 0.05) is 12.2 Å². The first kappa shape index (κ1) is 29.6. The molecule has 0 aromatic heterocycles. The molecule has 40 heavy (non-hydrogen) atoms. The maximum absolute atomic E-state index is 13.1. The van der Waals surface area contributed by atoms with Gasteiger partial charge in [-0.3, -0.25) is 4.79 Å². The number of methoxy groups -OCH3 is 2. The third kappa shape index (κ3) is 8.00. The minimum Gasteiger partial charge on any atom is -0.495 e. The largest absolute Gasteiger partial charge is 0.495 e. The molecule has 0 aliphatic heterocycles. The average Bonchev–Trinajstić information content (AvgIpc) is 2.94. The molecule has 10 heteroatoms. The maximum atomic E-state index is 13.1. The van der Waals surface area contributed by atoms with E-state index in [9.17, 15) is 14.4 Å². The van der Waals surface area contributed by atoms with Crippen LogP contribution in [0.25, 0.3) is 0 Å². The first-order valence-electron chi connectivity index (χ1n) is 12.5. The highest BCUT2D eigenvalue weighted by Crippen LogP contribution is 2.29. The Morgan fingerprint density at radius 3 is 2.33 bits per heavy atom. The topological polar surface area (TPSA) is 126 Å². The Morgan fingerprint density at radius 2 is 1.65 bits per heavy atom. The van der Waals surface area contributed by atoms with Gasteiger partial charge in [0.25, 0.3) is 0 Å². The molecule has 3 aromatic carbocycles. The van der Waals surface area contributed by atoms with Crippen molar-refractivity contribution in [1.29, 1.82) is 0 Å². The summed E-state index contributed by atoms with van der Waals surface area (Å²) in [5, 5.41) is 14.7. The van der Waals surface area contributed by atoms with Crippen molar-refractivity contribution in [2.24, 2.45) is 0 Å². The van der Waals surface area contributed by atoms with Crippen LogP contribution in [-0.2, 0) is 11.2 Å². The Balaban J connectivity index is 1.61. The summed E-state index contributed by atoms with van der Waals surface area (Å²) >= 11 is 0. The molecule has 0 bridgehead atoms. The normalized spacial score (nSPS) is 10.3. The third-order valence-corrected chi connectivity index (χ3v) is 5.99. The average molecular weight is 548 g/mol. The molecule has 0 saturated heterocycles. The fourth-order valence-electron chi connectivity index (χ4n) is 3.88. The Morgan fingerprint density at radius 1 is 0.925 bits per heavy atom. The highest BCUT2D eigenvalue weighted by molar-refractivity contribution is 6.01. The van der Waals surface area contributed by atoms with Crippen LogP contribution in [0.4, 0.5) is 16.2 Å². The smallest absolute Gasteiger partial charge is 0.335 e. The van der Waals surface area contributed by atoms with E-state index < -0.39 is 12.0 Å². The van der Waals surface area contributed by atoms with E-state index in [1.54, 1.807) is 29.2 Å². The van der Waals surface area contributed by atoms with Crippen molar-refractivity contribution in [2.45, 2.75) is 13.3 Å². The van der Waals surface area contributed by atoms with Gasteiger partial charge in [-0.2, -0.15) is 0 Å². The van der Waals surface area contributed by atoms with Gasteiger partial charge in [-0.25, -0.2) is 9.59 Å². The molecule has 3 aromatic rings. The summed E-state index contributed by atoms with van der Waals surface area (Å²) < 4.78 is 16.5. The summed E-state index contributed by atoms with van der Waals surface area (Å²) in [4.78, 5) is 38.4. The van der Waals surface area contributed by atoms with Crippen molar-refractivity contribution in [3.05, 3.63) is 90.0 Å². The predicted molar refractivity (Wildman–Crippen MR) is 153 cm³/mol. The summed E-state index contributed by atoms with van der Waals surface area (Å²) in [7, 11) is 2.91. The second-order valence-electron chi connectivity index (χ2n) is 8.75. The second-order valence-corrected chi connectivity index (χ2v) is 8.75. The van der Waals surface area contributed by atoms with Crippen LogP contribution >= 0.6 is 0 Å². The van der Waals surface area contributed by atoms with Crippen LogP contribution in [-0.4, -0.2) is 61.8 Å². The lowest BCUT2D eigenvalue weighted by Gasteiger charge is -2.22. The van der Waals surface area contributed by atoms with E-state index in [4.69, 9.17) is 19.3 Å². The number of ether oxygens (including phenoxy) is 3. The number of nitrogens with one attached hydrogen (secondary N) is 2. The lowest BCUT2D eigenvalue weighted by Crippen LogP contribution is -2.35. The van der Waals surface area contributed by atoms with Crippen LogP contribution < -0.4 is 24.8 Å². The van der Waals surface area contributed by atoms with Crippen LogP contribution in [0.5, 0.6) is 17.2 Å². The number of carbonyl (C=O) groups excluding carboxylic acids is 2. The molecule has 0 saturated carbocycles. The summed E-state index contributed by atoms with van der Waals surface area (Å²) in [5.74, 6) is -0.149. The van der Waals surface area contributed by atoms with E-state index in [-0.39, 0.29) is 36.8 Å². The fraction of sp³-hybridized carbons (Fsp3) is 0.233. The number of anilines is 2. The highest BCUT2D eigenvalue weighted by Gasteiger charge is 2.17. The predicted octanol–water partition coefficient (Wildman–Crippen LogP) is 4.99. The van der Waals surface area contributed by atoms with E-state index in [1.165, 1.54) is 32.4 Å². The van der Waals surface area contributed by atoms with Crippen molar-refractivity contribution in [3.8, 4) is 17.2 Å². The van der Waals surface area contributed by atoms with E-state index in [0.29, 0.717) is 35.0 Å². The van der Waals surface area contributed by atoms with Gasteiger partial charge in [0.2, 0.25) is 5.91 Å². The Bertz CT molecular complexity index is 1370. The zero-order valence-corrected chi connectivity index (χ0v) is 22.7. The molecule has 3 rings (SSSR count). The Hall–Kier alpha value is -4.99. The molecule has 0 spiro atoms. The van der Waals surface area contributed by atoms with Crippen LogP contribution in [0.1, 0.15) is 21.5 Å². The van der Waals surface area contributed by atoms with Gasteiger partial charge in [-0.15, -0.1) is 6.58 Å². The molecule has 0 atom stereocenters. The number of urea groups is 1. The van der Waals surface area contributed by atoms with E-state index in [0.717, 1.165) is 5.56 Å². The quantitative estimate of drug-likeness (QED) is 0.257. The van der Waals surface area contributed by atoms with E-state index >= 15 is 0 Å². The number of aryl methyl sites for hydroxylation is 1. The molecule has 210 valence electrons. The lowest BCUT2D eigenvalue weighted by molar-refractivity contribution is -0.130. The molecule has 0 heterocycles. The number of nitrogens with zero attached hydrogens (tertiary/aromatic N) is 1.